The molecule has 1 aliphatic rings. The van der Waals surface area contributed by atoms with E-state index in [9.17, 15) is 9.59 Å². The molecule has 0 unspecified atom stereocenters. The third-order valence-corrected chi connectivity index (χ3v) is 3.87. The lowest BCUT2D eigenvalue weighted by Crippen LogP contribution is -2.42. The van der Waals surface area contributed by atoms with Crippen LogP contribution in [0.2, 0.25) is 0 Å². The molecule has 1 N–H and O–H groups in total. The Hall–Kier alpha value is -1.79. The molecule has 1 saturated carbocycles. The molecule has 0 spiro atoms. The second-order valence-electron chi connectivity index (χ2n) is 7.02. The van der Waals surface area contributed by atoms with Crippen LogP contribution >= 0.6 is 0 Å². The molecule has 1 aliphatic carbocycles. The zero-order valence-corrected chi connectivity index (χ0v) is 13.4. The van der Waals surface area contributed by atoms with Gasteiger partial charge in [-0.25, -0.2) is 9.59 Å². The summed E-state index contributed by atoms with van der Waals surface area (Å²) in [6, 6.07) is 0. The summed E-state index contributed by atoms with van der Waals surface area (Å²) < 4.78 is 14.7. The van der Waals surface area contributed by atoms with Crippen LogP contribution in [0.25, 0.3) is 0 Å². The van der Waals surface area contributed by atoms with Crippen molar-refractivity contribution >= 4 is 6.09 Å². The summed E-state index contributed by atoms with van der Waals surface area (Å²) in [5.41, 5.74) is -0.690. The predicted molar refractivity (Wildman–Crippen MR) is 78.5 cm³/mol. The van der Waals surface area contributed by atoms with Gasteiger partial charge < -0.3 is 14.5 Å². The van der Waals surface area contributed by atoms with Gasteiger partial charge in [-0.15, -0.1) is 0 Å². The van der Waals surface area contributed by atoms with Gasteiger partial charge in [-0.3, -0.25) is 4.52 Å². The average Bonchev–Trinajstić information content (AvgIpc) is 2.81. The maximum Gasteiger partial charge on any atom is 0.542 e. The van der Waals surface area contributed by atoms with Gasteiger partial charge in [0.1, 0.15) is 5.60 Å². The fourth-order valence-corrected chi connectivity index (χ4v) is 2.90. The largest absolute Gasteiger partial charge is 0.542 e. The predicted octanol–water partition coefficient (Wildman–Crippen LogP) is 2.65. The van der Waals surface area contributed by atoms with Crippen molar-refractivity contribution in [1.29, 1.82) is 0 Å². The Morgan fingerprint density at radius 1 is 1.32 bits per heavy atom. The fraction of sp³-hybridized carbons (Fsp3) is 0.800. The van der Waals surface area contributed by atoms with Crippen molar-refractivity contribution < 1.29 is 18.5 Å². The van der Waals surface area contributed by atoms with Gasteiger partial charge >= 0.3 is 11.9 Å². The summed E-state index contributed by atoms with van der Waals surface area (Å²) in [5.74, 6) is -0.501. The van der Waals surface area contributed by atoms with Crippen LogP contribution in [-0.4, -0.2) is 23.4 Å². The minimum absolute atomic E-state index is 0.165. The lowest BCUT2D eigenvalue weighted by molar-refractivity contribution is 0.0477. The Bertz CT molecular complexity index is 549. The Morgan fingerprint density at radius 3 is 2.55 bits per heavy atom. The summed E-state index contributed by atoms with van der Waals surface area (Å²) >= 11 is 0. The molecule has 1 fully saturated rings. The number of aromatic nitrogens is 1. The average molecular weight is 312 g/mol. The summed E-state index contributed by atoms with van der Waals surface area (Å²) in [7, 11) is 0. The van der Waals surface area contributed by atoms with E-state index in [0.717, 1.165) is 25.7 Å². The minimum atomic E-state index is -0.791. The van der Waals surface area contributed by atoms with E-state index in [1.807, 2.05) is 20.8 Å². The highest BCUT2D eigenvalue weighted by Gasteiger charge is 2.35. The van der Waals surface area contributed by atoms with Gasteiger partial charge in [0.05, 0.1) is 0 Å². The quantitative estimate of drug-likeness (QED) is 0.918. The van der Waals surface area contributed by atoms with E-state index in [1.165, 1.54) is 6.42 Å². The fourth-order valence-electron chi connectivity index (χ4n) is 2.90. The molecule has 0 aliphatic heterocycles. The lowest BCUT2D eigenvalue weighted by Gasteiger charge is -2.36. The Labute approximate surface area is 129 Å². The van der Waals surface area contributed by atoms with Gasteiger partial charge in [0.15, 0.2) is 0 Å². The van der Waals surface area contributed by atoms with Gasteiger partial charge in [0, 0.05) is 13.0 Å². The van der Waals surface area contributed by atoms with Gasteiger partial charge in [-0.2, -0.15) is 0 Å². The zero-order valence-electron chi connectivity index (χ0n) is 13.4. The van der Waals surface area contributed by atoms with Crippen molar-refractivity contribution in [3.63, 3.8) is 0 Å². The van der Waals surface area contributed by atoms with E-state index in [0.29, 0.717) is 13.0 Å². The van der Waals surface area contributed by atoms with Gasteiger partial charge in [-0.05, 0) is 44.2 Å². The van der Waals surface area contributed by atoms with Crippen molar-refractivity contribution in [2.24, 2.45) is 5.41 Å². The highest BCUT2D eigenvalue weighted by Crippen LogP contribution is 2.38. The number of carbonyl (C=O) groups excluding carboxylic acids is 1. The van der Waals surface area contributed by atoms with Crippen molar-refractivity contribution in [2.45, 2.75) is 64.9 Å². The molecule has 1 aromatic heterocycles. The van der Waals surface area contributed by atoms with Crippen molar-refractivity contribution in [3.8, 4) is 0 Å². The second kappa shape index (κ2) is 6.54. The van der Waals surface area contributed by atoms with E-state index < -0.39 is 17.5 Å². The molecule has 1 aromatic rings. The van der Waals surface area contributed by atoms with Crippen LogP contribution in [0, 0.1) is 5.41 Å². The van der Waals surface area contributed by atoms with Crippen LogP contribution in [0.4, 0.5) is 4.79 Å². The van der Waals surface area contributed by atoms with Crippen LogP contribution in [0.5, 0.6) is 0 Å². The summed E-state index contributed by atoms with van der Waals surface area (Å²) in [4.78, 5) is 22.8. The highest BCUT2D eigenvalue weighted by atomic mass is 16.6. The molecular weight excluding hydrogens is 288 g/mol. The third kappa shape index (κ3) is 4.89. The minimum Gasteiger partial charge on any atom is -0.444 e. The van der Waals surface area contributed by atoms with Crippen LogP contribution in [0.15, 0.2) is 13.7 Å². The molecule has 1 amide bonds. The first-order chi connectivity index (χ1) is 10.3. The first-order valence-corrected chi connectivity index (χ1v) is 7.71. The first-order valence-electron chi connectivity index (χ1n) is 7.71. The van der Waals surface area contributed by atoms with E-state index >= 15 is 0 Å². The summed E-state index contributed by atoms with van der Waals surface area (Å²) in [6.07, 6.45) is 5.28. The number of alkyl carbamates (subject to hydrolysis) is 1. The summed E-state index contributed by atoms with van der Waals surface area (Å²) in [6.45, 7) is 5.95. The molecule has 0 bridgehead atoms. The number of nitrogens with zero attached hydrogens (tertiary/aromatic N) is 1. The molecular formula is C15H24N2O5. The molecule has 0 saturated heterocycles. The van der Waals surface area contributed by atoms with E-state index in [4.69, 9.17) is 9.15 Å². The van der Waals surface area contributed by atoms with Crippen LogP contribution in [-0.2, 0) is 11.2 Å². The molecule has 124 valence electrons. The van der Waals surface area contributed by atoms with Crippen molar-refractivity contribution in [1.82, 2.24) is 10.5 Å². The normalized spacial score (nSPS) is 18.0. The van der Waals surface area contributed by atoms with E-state index in [2.05, 4.69) is 15.0 Å². The van der Waals surface area contributed by atoms with Crippen LogP contribution < -0.4 is 11.1 Å². The SMILES string of the molecule is CC(C)(C)OC(=O)NCC1(Cc2noc(=O)o2)CCCCC1. The Balaban J connectivity index is 1.99. The van der Waals surface area contributed by atoms with Crippen LogP contribution in [0.1, 0.15) is 58.8 Å². The standard InChI is InChI=1S/C15H24N2O5/c1-14(2,3)21-12(18)16-10-15(7-5-4-6-8-15)9-11-17-22-13(19)20-11/h4-10H2,1-3H3,(H,16,18). The summed E-state index contributed by atoms with van der Waals surface area (Å²) in [5, 5.41) is 6.48. The molecule has 7 heteroatoms. The van der Waals surface area contributed by atoms with Gasteiger partial charge in [0.2, 0.25) is 5.89 Å². The molecule has 2 rings (SSSR count). The first kappa shape index (κ1) is 16.6. The number of carbonyl (C=O) groups is 1. The molecule has 22 heavy (non-hydrogen) atoms. The number of amides is 1. The molecule has 1 heterocycles. The van der Waals surface area contributed by atoms with Gasteiger partial charge in [-0.1, -0.05) is 19.3 Å². The maximum absolute atomic E-state index is 11.9. The number of rotatable bonds is 4. The number of nitrogens with one attached hydrogen (secondary N) is 1. The van der Waals surface area contributed by atoms with Crippen LogP contribution in [0.3, 0.4) is 0 Å². The number of ether oxygens (including phenoxy) is 1. The number of hydrogen-bond donors (Lipinski definition) is 1. The monoisotopic (exact) mass is 312 g/mol. The van der Waals surface area contributed by atoms with E-state index in [-0.39, 0.29) is 11.3 Å². The molecule has 0 atom stereocenters. The maximum atomic E-state index is 11.9. The third-order valence-electron chi connectivity index (χ3n) is 3.87. The topological polar surface area (TPSA) is 94.6 Å². The second-order valence-corrected chi connectivity index (χ2v) is 7.02. The van der Waals surface area contributed by atoms with E-state index in [1.54, 1.807) is 0 Å². The Kier molecular flexibility index (Phi) is 4.93. The Morgan fingerprint density at radius 2 is 2.00 bits per heavy atom. The van der Waals surface area contributed by atoms with Crippen molar-refractivity contribution in [2.75, 3.05) is 6.54 Å². The smallest absolute Gasteiger partial charge is 0.444 e. The lowest BCUT2D eigenvalue weighted by atomic mass is 9.71. The zero-order chi connectivity index (χ0) is 16.2. The molecule has 0 aromatic carbocycles. The molecule has 0 radical (unpaired) electrons. The van der Waals surface area contributed by atoms with Gasteiger partial charge in [0.25, 0.3) is 0 Å². The highest BCUT2D eigenvalue weighted by molar-refractivity contribution is 5.67. The molecule has 7 nitrogen and oxygen atoms in total. The number of hydrogen-bond acceptors (Lipinski definition) is 6. The van der Waals surface area contributed by atoms with Crippen molar-refractivity contribution in [3.05, 3.63) is 16.5 Å².